The molecule has 0 amide bonds. The second-order valence-electron chi connectivity index (χ2n) is 8.10. The number of carbonyl (C=O) groups excluding carboxylic acids is 1. The Morgan fingerprint density at radius 1 is 1.06 bits per heavy atom. The monoisotopic (exact) mass is 436 g/mol. The van der Waals surface area contributed by atoms with Gasteiger partial charge in [0.05, 0.1) is 17.9 Å². The van der Waals surface area contributed by atoms with Crippen LogP contribution in [0.15, 0.2) is 66.7 Å². The Morgan fingerprint density at radius 3 is 2.31 bits per heavy atom. The van der Waals surface area contributed by atoms with Gasteiger partial charge >= 0.3 is 0 Å². The molecule has 3 rings (SSSR count). The molecule has 1 heterocycles. The summed E-state index contributed by atoms with van der Waals surface area (Å²) in [7, 11) is 0. The molecule has 168 valence electrons. The van der Waals surface area contributed by atoms with Gasteiger partial charge in [-0.05, 0) is 53.5 Å². The molecule has 0 saturated heterocycles. The van der Waals surface area contributed by atoms with Crippen LogP contribution in [0.4, 0.5) is 4.39 Å². The van der Waals surface area contributed by atoms with E-state index in [9.17, 15) is 24.5 Å². The largest absolute Gasteiger partial charge is 0.550 e. The summed E-state index contributed by atoms with van der Waals surface area (Å²) in [6.45, 7) is 4.12. The van der Waals surface area contributed by atoms with Gasteiger partial charge in [-0.2, -0.15) is 0 Å². The molecule has 0 spiro atoms. The highest BCUT2D eigenvalue weighted by Gasteiger charge is 2.19. The first-order valence-electron chi connectivity index (χ1n) is 10.6. The third-order valence-electron chi connectivity index (χ3n) is 5.23. The summed E-state index contributed by atoms with van der Waals surface area (Å²) in [6, 6.07) is 18.2. The lowest BCUT2D eigenvalue weighted by Gasteiger charge is -2.16. The van der Waals surface area contributed by atoms with Crippen molar-refractivity contribution in [1.29, 1.82) is 0 Å². The van der Waals surface area contributed by atoms with Crippen molar-refractivity contribution in [1.82, 2.24) is 4.57 Å². The van der Waals surface area contributed by atoms with Gasteiger partial charge in [0.15, 0.2) is 0 Å². The molecule has 1 aromatic heterocycles. The molecule has 0 aliphatic rings. The first-order valence-corrected chi connectivity index (χ1v) is 10.6. The molecule has 0 radical (unpaired) electrons. The third-order valence-corrected chi connectivity index (χ3v) is 5.23. The van der Waals surface area contributed by atoms with Crippen molar-refractivity contribution in [2.24, 2.45) is 0 Å². The van der Waals surface area contributed by atoms with E-state index in [1.54, 1.807) is 18.3 Å². The van der Waals surface area contributed by atoms with Crippen LogP contribution in [-0.2, 0) is 4.79 Å². The average molecular weight is 437 g/mol. The van der Waals surface area contributed by atoms with E-state index in [0.717, 1.165) is 28.1 Å². The topological polar surface area (TPSA) is 85.5 Å². The molecule has 3 aromatic rings. The summed E-state index contributed by atoms with van der Waals surface area (Å²) in [4.78, 5) is 10.7. The van der Waals surface area contributed by atoms with Gasteiger partial charge in [-0.3, -0.25) is 0 Å². The number of carboxylic acid groups (broad SMARTS) is 1. The summed E-state index contributed by atoms with van der Waals surface area (Å²) < 4.78 is 15.6. The number of hydrogen-bond acceptors (Lipinski definition) is 4. The summed E-state index contributed by atoms with van der Waals surface area (Å²) in [5.41, 5.74) is 4.62. The Morgan fingerprint density at radius 2 is 1.72 bits per heavy atom. The van der Waals surface area contributed by atoms with Gasteiger partial charge in [-0.15, -0.1) is 0 Å². The Hall–Kier alpha value is -3.22. The van der Waals surface area contributed by atoms with Gasteiger partial charge in [-0.1, -0.05) is 44.2 Å². The van der Waals surface area contributed by atoms with Gasteiger partial charge in [0.2, 0.25) is 0 Å². The van der Waals surface area contributed by atoms with Crippen LogP contribution < -0.4 is 5.11 Å². The number of nitrogens with zero attached hydrogens (tertiary/aromatic N) is 1. The molecule has 0 bridgehead atoms. The molecule has 5 nitrogen and oxygen atoms in total. The zero-order valence-corrected chi connectivity index (χ0v) is 18.1. The van der Waals surface area contributed by atoms with Crippen molar-refractivity contribution in [3.8, 4) is 22.4 Å². The van der Waals surface area contributed by atoms with Crippen LogP contribution >= 0.6 is 0 Å². The Balaban J connectivity index is 2.08. The van der Waals surface area contributed by atoms with Crippen LogP contribution in [0.1, 0.15) is 38.3 Å². The fraction of sp³-hybridized carbons (Fsp3) is 0.269. The van der Waals surface area contributed by atoms with E-state index >= 15 is 0 Å². The second-order valence-corrected chi connectivity index (χ2v) is 8.10. The smallest absolute Gasteiger partial charge is 0.123 e. The standard InChI is InChI=1S/C26H28FNO4/c1-17(2)24-16-23(18-6-4-3-5-7-18)26(19-8-10-20(27)11-9-19)28(24)13-12-21(29)14-22(30)15-25(31)32/h3-13,16-17,21-22,29-30H,14-15H2,1-2H3,(H,31,32)/p-1/b13-12+/t21-,22-/m1/s1. The van der Waals surface area contributed by atoms with Crippen LogP contribution in [0.25, 0.3) is 28.6 Å². The zero-order chi connectivity index (χ0) is 23.3. The van der Waals surface area contributed by atoms with Crippen molar-refractivity contribution in [2.75, 3.05) is 0 Å². The lowest BCUT2D eigenvalue weighted by atomic mass is 10.0. The predicted molar refractivity (Wildman–Crippen MR) is 121 cm³/mol. The number of aliphatic hydroxyl groups is 2. The van der Waals surface area contributed by atoms with Crippen LogP contribution in [0.2, 0.25) is 0 Å². The van der Waals surface area contributed by atoms with Crippen LogP contribution in [0, 0.1) is 5.82 Å². The molecule has 2 N–H and O–H groups in total. The van der Waals surface area contributed by atoms with Crippen LogP contribution in [0.3, 0.4) is 0 Å². The van der Waals surface area contributed by atoms with Crippen molar-refractivity contribution in [3.63, 3.8) is 0 Å². The van der Waals surface area contributed by atoms with Crippen molar-refractivity contribution in [3.05, 3.63) is 78.3 Å². The highest BCUT2D eigenvalue weighted by atomic mass is 19.1. The molecule has 0 aliphatic heterocycles. The predicted octanol–water partition coefficient (Wildman–Crippen LogP) is 3.81. The first kappa shape index (κ1) is 23.4. The summed E-state index contributed by atoms with van der Waals surface area (Å²) in [5.74, 6) is -1.55. The average Bonchev–Trinajstić information content (AvgIpc) is 3.12. The van der Waals surface area contributed by atoms with Gasteiger partial charge in [0.1, 0.15) is 5.82 Å². The highest BCUT2D eigenvalue weighted by molar-refractivity contribution is 5.84. The van der Waals surface area contributed by atoms with E-state index in [-0.39, 0.29) is 18.2 Å². The van der Waals surface area contributed by atoms with Crippen molar-refractivity contribution in [2.45, 2.75) is 44.8 Å². The molecule has 2 atom stereocenters. The van der Waals surface area contributed by atoms with Gasteiger partial charge in [0, 0.05) is 36.3 Å². The van der Waals surface area contributed by atoms with E-state index in [4.69, 9.17) is 0 Å². The number of aliphatic carboxylic acids is 1. The number of rotatable bonds is 9. The maximum Gasteiger partial charge on any atom is 0.123 e. The summed E-state index contributed by atoms with van der Waals surface area (Å²) in [5, 5.41) is 30.8. The zero-order valence-electron chi connectivity index (χ0n) is 18.1. The lowest BCUT2D eigenvalue weighted by Crippen LogP contribution is -2.29. The molecule has 6 heteroatoms. The minimum Gasteiger partial charge on any atom is -0.550 e. The minimum absolute atomic E-state index is 0.125. The van der Waals surface area contributed by atoms with E-state index < -0.39 is 24.6 Å². The normalized spacial score (nSPS) is 13.6. The van der Waals surface area contributed by atoms with Crippen LogP contribution in [0.5, 0.6) is 0 Å². The lowest BCUT2D eigenvalue weighted by molar-refractivity contribution is -0.307. The number of benzene rings is 2. The van der Waals surface area contributed by atoms with E-state index in [0.29, 0.717) is 0 Å². The number of carbonyl (C=O) groups is 1. The van der Waals surface area contributed by atoms with Crippen molar-refractivity contribution >= 4 is 12.2 Å². The molecule has 0 unspecified atom stereocenters. The van der Waals surface area contributed by atoms with Crippen LogP contribution in [-0.4, -0.2) is 33.0 Å². The summed E-state index contributed by atoms with van der Waals surface area (Å²) in [6.07, 6.45) is 0.326. The number of aliphatic hydroxyl groups excluding tert-OH is 2. The molecule has 2 aromatic carbocycles. The number of carboxylic acids is 1. The molecular formula is C26H27FNO4-. The minimum atomic E-state index is -1.37. The molecule has 32 heavy (non-hydrogen) atoms. The van der Waals surface area contributed by atoms with E-state index in [1.165, 1.54) is 18.2 Å². The Kier molecular flexibility index (Phi) is 7.62. The van der Waals surface area contributed by atoms with Gasteiger partial charge in [0.25, 0.3) is 0 Å². The van der Waals surface area contributed by atoms with Gasteiger partial charge in [-0.25, -0.2) is 4.39 Å². The second kappa shape index (κ2) is 10.4. The fourth-order valence-electron chi connectivity index (χ4n) is 3.71. The molecular weight excluding hydrogens is 409 g/mol. The molecule has 0 saturated carbocycles. The quantitative estimate of drug-likeness (QED) is 0.534. The van der Waals surface area contributed by atoms with E-state index in [1.807, 2.05) is 34.9 Å². The van der Waals surface area contributed by atoms with E-state index in [2.05, 4.69) is 19.9 Å². The maximum atomic E-state index is 13.6. The maximum absolute atomic E-state index is 13.6. The van der Waals surface area contributed by atoms with Gasteiger partial charge < -0.3 is 24.7 Å². The Bertz CT molecular complexity index is 1070. The molecule has 0 aliphatic carbocycles. The SMILES string of the molecule is CC(C)c1cc(-c2ccccc2)c(-c2ccc(F)cc2)n1/C=C/[C@@H](O)C[C@@H](O)CC(=O)[O-]. The Labute approximate surface area is 187 Å². The number of aromatic nitrogens is 1. The fourth-order valence-corrected chi connectivity index (χ4v) is 3.71. The first-order chi connectivity index (χ1) is 15.3. The highest BCUT2D eigenvalue weighted by Crippen LogP contribution is 2.38. The summed E-state index contributed by atoms with van der Waals surface area (Å²) >= 11 is 0. The third kappa shape index (κ3) is 5.72. The number of halogens is 1. The molecule has 0 fully saturated rings. The number of hydrogen-bond donors (Lipinski definition) is 2. The van der Waals surface area contributed by atoms with Crippen molar-refractivity contribution < 1.29 is 24.5 Å².